The summed E-state index contributed by atoms with van der Waals surface area (Å²) in [5.41, 5.74) is 0.707. The predicted molar refractivity (Wildman–Crippen MR) is 59.4 cm³/mol. The average Bonchev–Trinajstić information content (AvgIpc) is 2.65. The van der Waals surface area contributed by atoms with Gasteiger partial charge in [-0.15, -0.1) is 11.3 Å². The summed E-state index contributed by atoms with van der Waals surface area (Å²) in [4.78, 5) is 11.7. The Labute approximate surface area is 92.9 Å². The molecule has 1 aromatic heterocycles. The first-order valence-corrected chi connectivity index (χ1v) is 5.53. The van der Waals surface area contributed by atoms with Gasteiger partial charge in [0, 0.05) is 36.8 Å². The molecule has 0 unspecified atom stereocenters. The van der Waals surface area contributed by atoms with Gasteiger partial charge in [0.1, 0.15) is 6.07 Å². The van der Waals surface area contributed by atoms with Crippen LogP contribution in [-0.4, -0.2) is 19.0 Å². The fraction of sp³-hybridized carbons (Fsp3) is 0.400. The molecule has 0 fully saturated rings. The topological polar surface area (TPSA) is 64.9 Å². The van der Waals surface area contributed by atoms with Gasteiger partial charge < -0.3 is 10.6 Å². The summed E-state index contributed by atoms with van der Waals surface area (Å²) in [6.45, 7) is 3.61. The zero-order valence-electron chi connectivity index (χ0n) is 8.54. The number of carbonyl (C=O) groups is 1. The lowest BCUT2D eigenvalue weighted by Gasteiger charge is -2.03. The number of nitrogens with one attached hydrogen (secondary N) is 2. The molecule has 0 radical (unpaired) electrons. The Hall–Kier alpha value is -1.38. The van der Waals surface area contributed by atoms with Crippen LogP contribution in [0.15, 0.2) is 11.4 Å². The Balaban J connectivity index is 2.15. The van der Waals surface area contributed by atoms with Crippen molar-refractivity contribution >= 4 is 17.2 Å². The van der Waals surface area contributed by atoms with Crippen molar-refractivity contribution in [2.75, 3.05) is 13.1 Å². The molecule has 0 spiro atoms. The lowest BCUT2D eigenvalue weighted by molar-refractivity contribution is -0.118. The second-order valence-electron chi connectivity index (χ2n) is 3.07. The van der Waals surface area contributed by atoms with Crippen LogP contribution in [0.25, 0.3) is 0 Å². The number of hydrogen-bond acceptors (Lipinski definition) is 4. The maximum atomic E-state index is 10.5. The lowest BCUT2D eigenvalue weighted by atomic mass is 10.3. The van der Waals surface area contributed by atoms with Crippen molar-refractivity contribution in [3.05, 3.63) is 21.9 Å². The van der Waals surface area contributed by atoms with E-state index in [4.69, 9.17) is 5.26 Å². The number of amides is 1. The maximum absolute atomic E-state index is 10.5. The molecular weight excluding hydrogens is 210 g/mol. The summed E-state index contributed by atoms with van der Waals surface area (Å²) in [5.74, 6) is -0.0142. The normalized spacial score (nSPS) is 9.60. The van der Waals surface area contributed by atoms with Gasteiger partial charge >= 0.3 is 0 Å². The molecule has 4 nitrogen and oxygen atoms in total. The van der Waals surface area contributed by atoms with Gasteiger partial charge in [0.15, 0.2) is 0 Å². The van der Waals surface area contributed by atoms with Crippen molar-refractivity contribution in [2.24, 2.45) is 0 Å². The van der Waals surface area contributed by atoms with Crippen LogP contribution in [-0.2, 0) is 11.3 Å². The van der Waals surface area contributed by atoms with E-state index >= 15 is 0 Å². The van der Waals surface area contributed by atoms with Crippen molar-refractivity contribution in [1.82, 2.24) is 10.6 Å². The van der Waals surface area contributed by atoms with Gasteiger partial charge in [-0.3, -0.25) is 4.79 Å². The molecule has 1 rings (SSSR count). The SMILES string of the molecule is CC(=O)NCCNCc1cc(C#N)cs1. The highest BCUT2D eigenvalue weighted by molar-refractivity contribution is 7.10. The zero-order valence-corrected chi connectivity index (χ0v) is 9.36. The molecule has 15 heavy (non-hydrogen) atoms. The van der Waals surface area contributed by atoms with Crippen LogP contribution < -0.4 is 10.6 Å². The van der Waals surface area contributed by atoms with Crippen molar-refractivity contribution in [2.45, 2.75) is 13.5 Å². The van der Waals surface area contributed by atoms with Gasteiger partial charge in [0.25, 0.3) is 0 Å². The minimum Gasteiger partial charge on any atom is -0.355 e. The van der Waals surface area contributed by atoms with E-state index in [1.807, 2.05) is 11.4 Å². The smallest absolute Gasteiger partial charge is 0.216 e. The van der Waals surface area contributed by atoms with Gasteiger partial charge in [-0.2, -0.15) is 5.26 Å². The number of nitriles is 1. The van der Waals surface area contributed by atoms with Gasteiger partial charge in [-0.25, -0.2) is 0 Å². The minimum atomic E-state index is -0.0142. The maximum Gasteiger partial charge on any atom is 0.216 e. The quantitative estimate of drug-likeness (QED) is 0.727. The highest BCUT2D eigenvalue weighted by atomic mass is 32.1. The Kier molecular flexibility index (Phi) is 4.81. The highest BCUT2D eigenvalue weighted by Crippen LogP contribution is 2.12. The van der Waals surface area contributed by atoms with E-state index in [-0.39, 0.29) is 5.91 Å². The van der Waals surface area contributed by atoms with Gasteiger partial charge in [-0.1, -0.05) is 0 Å². The fourth-order valence-corrected chi connectivity index (χ4v) is 1.85. The summed E-state index contributed by atoms with van der Waals surface area (Å²) in [6, 6.07) is 3.96. The van der Waals surface area contributed by atoms with Crippen LogP contribution in [0.4, 0.5) is 0 Å². The van der Waals surface area contributed by atoms with E-state index in [2.05, 4.69) is 16.7 Å². The largest absolute Gasteiger partial charge is 0.355 e. The molecule has 1 aromatic rings. The molecule has 0 aromatic carbocycles. The Morgan fingerprint density at radius 2 is 2.40 bits per heavy atom. The third-order valence-electron chi connectivity index (χ3n) is 1.76. The van der Waals surface area contributed by atoms with Crippen LogP contribution >= 0.6 is 11.3 Å². The second-order valence-corrected chi connectivity index (χ2v) is 4.07. The number of carbonyl (C=O) groups excluding carboxylic acids is 1. The van der Waals surface area contributed by atoms with Crippen LogP contribution in [0.1, 0.15) is 17.4 Å². The summed E-state index contributed by atoms with van der Waals surface area (Å²) < 4.78 is 0. The standard InChI is InChI=1S/C10H13N3OS/c1-8(14)13-3-2-12-6-10-4-9(5-11)7-15-10/h4,7,12H,2-3,6H2,1H3,(H,13,14). The van der Waals surface area contributed by atoms with E-state index in [9.17, 15) is 4.79 Å². The Bertz CT molecular complexity index is 367. The van der Waals surface area contributed by atoms with Gasteiger partial charge in [0.05, 0.1) is 5.56 Å². The van der Waals surface area contributed by atoms with Crippen LogP contribution in [0.5, 0.6) is 0 Å². The molecule has 2 N–H and O–H groups in total. The fourth-order valence-electron chi connectivity index (χ4n) is 1.07. The van der Waals surface area contributed by atoms with Crippen LogP contribution in [0, 0.1) is 11.3 Å². The molecule has 80 valence electrons. The Morgan fingerprint density at radius 3 is 3.00 bits per heavy atom. The third kappa shape index (κ3) is 4.58. The number of thiophene rings is 1. The molecule has 5 heteroatoms. The minimum absolute atomic E-state index is 0.0142. The molecule has 0 saturated carbocycles. The van der Waals surface area contributed by atoms with Crippen LogP contribution in [0.2, 0.25) is 0 Å². The second kappa shape index (κ2) is 6.17. The molecular formula is C10H13N3OS. The predicted octanol–water partition coefficient (Wildman–Crippen LogP) is 0.845. The molecule has 0 aliphatic heterocycles. The van der Waals surface area contributed by atoms with Crippen molar-refractivity contribution in [1.29, 1.82) is 5.26 Å². The molecule has 0 bridgehead atoms. The highest BCUT2D eigenvalue weighted by Gasteiger charge is 1.98. The molecule has 0 aliphatic carbocycles. The molecule has 0 saturated heterocycles. The number of nitrogens with zero attached hydrogens (tertiary/aromatic N) is 1. The van der Waals surface area contributed by atoms with E-state index < -0.39 is 0 Å². The summed E-state index contributed by atoms with van der Waals surface area (Å²) >= 11 is 1.57. The van der Waals surface area contributed by atoms with Crippen molar-refractivity contribution < 1.29 is 4.79 Å². The first kappa shape index (κ1) is 11.7. The summed E-state index contributed by atoms with van der Waals surface area (Å²) in [7, 11) is 0. The first-order valence-electron chi connectivity index (χ1n) is 4.65. The average molecular weight is 223 g/mol. The number of rotatable bonds is 5. The molecule has 1 amide bonds. The lowest BCUT2D eigenvalue weighted by Crippen LogP contribution is -2.29. The molecule has 1 heterocycles. The molecule has 0 atom stereocenters. The monoisotopic (exact) mass is 223 g/mol. The van der Waals surface area contributed by atoms with Gasteiger partial charge in [-0.05, 0) is 6.07 Å². The van der Waals surface area contributed by atoms with E-state index in [0.717, 1.165) is 18.0 Å². The number of hydrogen-bond donors (Lipinski definition) is 2. The van der Waals surface area contributed by atoms with E-state index in [1.165, 1.54) is 6.92 Å². The van der Waals surface area contributed by atoms with Crippen LogP contribution in [0.3, 0.4) is 0 Å². The van der Waals surface area contributed by atoms with Gasteiger partial charge in [0.2, 0.25) is 5.91 Å². The Morgan fingerprint density at radius 1 is 1.60 bits per heavy atom. The van der Waals surface area contributed by atoms with Crippen molar-refractivity contribution in [3.63, 3.8) is 0 Å². The van der Waals surface area contributed by atoms with E-state index in [1.54, 1.807) is 11.3 Å². The van der Waals surface area contributed by atoms with E-state index in [0.29, 0.717) is 12.1 Å². The summed E-state index contributed by atoms with van der Waals surface area (Å²) in [5, 5.41) is 16.3. The molecule has 0 aliphatic rings. The first-order chi connectivity index (χ1) is 7.22. The summed E-state index contributed by atoms with van der Waals surface area (Å²) in [6.07, 6.45) is 0. The zero-order chi connectivity index (χ0) is 11.1. The third-order valence-corrected chi connectivity index (χ3v) is 2.69. The van der Waals surface area contributed by atoms with Crippen molar-refractivity contribution in [3.8, 4) is 6.07 Å².